The Morgan fingerprint density at radius 2 is 2.29 bits per heavy atom. The van der Waals surface area contributed by atoms with Gasteiger partial charge in [0, 0.05) is 26.2 Å². The van der Waals surface area contributed by atoms with Crippen molar-refractivity contribution in [1.29, 1.82) is 0 Å². The highest BCUT2D eigenvalue weighted by Crippen LogP contribution is 2.00. The zero-order chi connectivity index (χ0) is 12.7. The average Bonchev–Trinajstić information content (AvgIpc) is 2.33. The molecule has 0 aliphatic carbocycles. The summed E-state index contributed by atoms with van der Waals surface area (Å²) in [7, 11) is 0. The molecule has 0 aliphatic rings. The number of rotatable bonds is 7. The third kappa shape index (κ3) is 4.72. The van der Waals surface area contributed by atoms with Gasteiger partial charge in [-0.3, -0.25) is 9.36 Å². The van der Waals surface area contributed by atoms with Crippen molar-refractivity contribution in [2.45, 2.75) is 20.4 Å². The van der Waals surface area contributed by atoms with Gasteiger partial charge in [-0.15, -0.1) is 0 Å². The molecule has 0 bridgehead atoms. The first kappa shape index (κ1) is 14.6. The molecule has 0 unspecified atom stereocenters. The molecule has 0 amide bonds. The largest absolute Gasteiger partial charge is 0.380 e. The molecule has 1 aromatic rings. The van der Waals surface area contributed by atoms with Crippen molar-refractivity contribution < 1.29 is 4.74 Å². The highest BCUT2D eigenvalue weighted by molar-refractivity contribution is 14.1. The van der Waals surface area contributed by atoms with Crippen LogP contribution in [0.15, 0.2) is 11.1 Å². The third-order valence-electron chi connectivity index (χ3n) is 2.31. The van der Waals surface area contributed by atoms with Crippen molar-refractivity contribution in [3.63, 3.8) is 0 Å². The molecule has 0 fully saturated rings. The fourth-order valence-corrected chi connectivity index (χ4v) is 1.77. The van der Waals surface area contributed by atoms with Crippen molar-refractivity contribution in [2.75, 3.05) is 26.3 Å². The van der Waals surface area contributed by atoms with Gasteiger partial charge in [-0.2, -0.15) is 0 Å². The van der Waals surface area contributed by atoms with E-state index < -0.39 is 0 Å². The van der Waals surface area contributed by atoms with Crippen molar-refractivity contribution >= 4 is 22.6 Å². The lowest BCUT2D eigenvalue weighted by Gasteiger charge is -2.08. The minimum atomic E-state index is 0.0321. The first-order valence-electron chi connectivity index (χ1n) is 5.66. The molecule has 17 heavy (non-hydrogen) atoms. The summed E-state index contributed by atoms with van der Waals surface area (Å²) in [5.74, 6) is 0. The Kier molecular flexibility index (Phi) is 6.68. The van der Waals surface area contributed by atoms with Crippen molar-refractivity contribution in [2.24, 2.45) is 0 Å². The van der Waals surface area contributed by atoms with Gasteiger partial charge in [0.25, 0.3) is 5.56 Å². The minimum absolute atomic E-state index is 0.0321. The lowest BCUT2D eigenvalue weighted by molar-refractivity contribution is 0.149. The van der Waals surface area contributed by atoms with Gasteiger partial charge < -0.3 is 10.1 Å². The highest BCUT2D eigenvalue weighted by atomic mass is 127. The van der Waals surface area contributed by atoms with Crippen LogP contribution >= 0.6 is 22.6 Å². The van der Waals surface area contributed by atoms with E-state index in [0.29, 0.717) is 16.7 Å². The maximum Gasteiger partial charge on any atom is 0.267 e. The standard InChI is InChI=1S/C11H18IN3O2/c1-3-17-7-5-13-4-6-15-8-14-9(2)10(12)11(15)16/h8,13H,3-7H2,1-2H3. The predicted octanol–water partition coefficient (Wildman–Crippen LogP) is 0.782. The van der Waals surface area contributed by atoms with Gasteiger partial charge >= 0.3 is 0 Å². The summed E-state index contributed by atoms with van der Waals surface area (Å²) in [5, 5.41) is 3.22. The summed E-state index contributed by atoms with van der Waals surface area (Å²) >= 11 is 2.04. The molecule has 1 rings (SSSR count). The number of halogens is 1. The van der Waals surface area contributed by atoms with E-state index >= 15 is 0 Å². The molecule has 0 aromatic carbocycles. The number of hydrogen-bond donors (Lipinski definition) is 1. The topological polar surface area (TPSA) is 56.1 Å². The predicted molar refractivity (Wildman–Crippen MR) is 75.3 cm³/mol. The van der Waals surface area contributed by atoms with E-state index in [-0.39, 0.29) is 5.56 Å². The quantitative estimate of drug-likeness (QED) is 0.583. The van der Waals surface area contributed by atoms with Crippen LogP contribution in [0, 0.1) is 10.5 Å². The molecule has 96 valence electrons. The van der Waals surface area contributed by atoms with Crippen molar-refractivity contribution in [3.8, 4) is 0 Å². The van der Waals surface area contributed by atoms with Crippen molar-refractivity contribution in [3.05, 3.63) is 25.9 Å². The molecule has 6 heteroatoms. The van der Waals surface area contributed by atoms with Crippen LogP contribution < -0.4 is 10.9 Å². The van der Waals surface area contributed by atoms with Crippen LogP contribution in [0.3, 0.4) is 0 Å². The van der Waals surface area contributed by atoms with Crippen molar-refractivity contribution in [1.82, 2.24) is 14.9 Å². The molecule has 1 aromatic heterocycles. The summed E-state index contributed by atoms with van der Waals surface area (Å²) in [5.41, 5.74) is 0.820. The van der Waals surface area contributed by atoms with E-state index in [1.807, 2.05) is 36.4 Å². The second kappa shape index (κ2) is 7.78. The lowest BCUT2D eigenvalue weighted by Crippen LogP contribution is -2.30. The minimum Gasteiger partial charge on any atom is -0.380 e. The monoisotopic (exact) mass is 351 g/mol. The first-order chi connectivity index (χ1) is 8.16. The average molecular weight is 351 g/mol. The van der Waals surface area contributed by atoms with Crippen LogP contribution in [-0.4, -0.2) is 35.9 Å². The Labute approximate surface area is 115 Å². The Bertz CT molecular complexity index is 406. The molecular weight excluding hydrogens is 333 g/mol. The van der Waals surface area contributed by atoms with E-state index in [1.165, 1.54) is 0 Å². The van der Waals surface area contributed by atoms with E-state index in [0.717, 1.165) is 25.4 Å². The molecular formula is C11H18IN3O2. The van der Waals surface area contributed by atoms with E-state index in [9.17, 15) is 4.79 Å². The van der Waals surface area contributed by atoms with Gasteiger partial charge in [0.15, 0.2) is 0 Å². The number of aromatic nitrogens is 2. The maximum absolute atomic E-state index is 11.8. The summed E-state index contributed by atoms with van der Waals surface area (Å²) in [6, 6.07) is 0. The van der Waals surface area contributed by atoms with Crippen LogP contribution in [0.5, 0.6) is 0 Å². The Morgan fingerprint density at radius 1 is 1.53 bits per heavy atom. The first-order valence-corrected chi connectivity index (χ1v) is 6.74. The highest BCUT2D eigenvalue weighted by Gasteiger charge is 2.04. The Morgan fingerprint density at radius 3 is 3.00 bits per heavy atom. The van der Waals surface area contributed by atoms with Crippen LogP contribution in [0.2, 0.25) is 0 Å². The second-order valence-electron chi connectivity index (χ2n) is 3.59. The van der Waals surface area contributed by atoms with E-state index in [1.54, 1.807) is 10.9 Å². The summed E-state index contributed by atoms with van der Waals surface area (Å²) in [4.78, 5) is 16.0. The fourth-order valence-electron chi connectivity index (χ4n) is 1.32. The van der Waals surface area contributed by atoms with E-state index in [4.69, 9.17) is 4.74 Å². The van der Waals surface area contributed by atoms with Gasteiger partial charge in [-0.05, 0) is 36.4 Å². The number of nitrogens with zero attached hydrogens (tertiary/aromatic N) is 2. The second-order valence-corrected chi connectivity index (χ2v) is 4.67. The smallest absolute Gasteiger partial charge is 0.267 e. The number of aryl methyl sites for hydroxylation is 1. The fraction of sp³-hybridized carbons (Fsp3) is 0.636. The van der Waals surface area contributed by atoms with Crippen LogP contribution in [0.25, 0.3) is 0 Å². The molecule has 1 N–H and O–H groups in total. The summed E-state index contributed by atoms with van der Waals surface area (Å²) in [6.07, 6.45) is 1.60. The SMILES string of the molecule is CCOCCNCCn1cnc(C)c(I)c1=O. The molecule has 0 radical (unpaired) electrons. The number of nitrogens with one attached hydrogen (secondary N) is 1. The molecule has 0 atom stereocenters. The third-order valence-corrected chi connectivity index (χ3v) is 3.56. The Hall–Kier alpha value is -0.470. The zero-order valence-electron chi connectivity index (χ0n) is 10.2. The summed E-state index contributed by atoms with van der Waals surface area (Å²) in [6.45, 7) is 7.44. The molecule has 0 spiro atoms. The number of hydrogen-bond acceptors (Lipinski definition) is 4. The maximum atomic E-state index is 11.8. The van der Waals surface area contributed by atoms with Gasteiger partial charge in [0.1, 0.15) is 0 Å². The summed E-state index contributed by atoms with van der Waals surface area (Å²) < 4.78 is 7.52. The van der Waals surface area contributed by atoms with Gasteiger partial charge in [-0.25, -0.2) is 4.98 Å². The number of ether oxygens (including phenoxy) is 1. The molecule has 1 heterocycles. The molecule has 5 nitrogen and oxygen atoms in total. The molecule has 0 aliphatic heterocycles. The van der Waals surface area contributed by atoms with Crippen LogP contribution in [-0.2, 0) is 11.3 Å². The molecule has 0 saturated heterocycles. The lowest BCUT2D eigenvalue weighted by atomic mass is 10.4. The zero-order valence-corrected chi connectivity index (χ0v) is 12.4. The Balaban J connectivity index is 2.37. The van der Waals surface area contributed by atoms with Gasteiger partial charge in [0.2, 0.25) is 0 Å². The van der Waals surface area contributed by atoms with Crippen LogP contribution in [0.1, 0.15) is 12.6 Å². The normalized spacial score (nSPS) is 10.8. The van der Waals surface area contributed by atoms with Gasteiger partial charge in [0.05, 0.1) is 22.2 Å². The van der Waals surface area contributed by atoms with E-state index in [2.05, 4.69) is 10.3 Å². The van der Waals surface area contributed by atoms with Crippen LogP contribution in [0.4, 0.5) is 0 Å². The molecule has 0 saturated carbocycles. The van der Waals surface area contributed by atoms with Gasteiger partial charge in [-0.1, -0.05) is 0 Å².